The van der Waals surface area contributed by atoms with Gasteiger partial charge >= 0.3 is 0 Å². The number of pyridine rings is 1. The summed E-state index contributed by atoms with van der Waals surface area (Å²) in [5.74, 6) is 1.60. The molecule has 1 aromatic heterocycles. The van der Waals surface area contributed by atoms with Gasteiger partial charge in [-0.05, 0) is 64.0 Å². The van der Waals surface area contributed by atoms with Gasteiger partial charge < -0.3 is 9.47 Å². The smallest absolute Gasteiger partial charge is 0.287 e. The number of anilines is 1. The highest BCUT2D eigenvalue weighted by Gasteiger charge is 2.12. The number of hydrogen-bond donors (Lipinski definition) is 1. The van der Waals surface area contributed by atoms with Crippen molar-refractivity contribution in [2.45, 2.75) is 6.61 Å². The highest BCUT2D eigenvalue weighted by Crippen LogP contribution is 2.34. The van der Waals surface area contributed by atoms with Crippen molar-refractivity contribution in [2.24, 2.45) is 5.10 Å². The van der Waals surface area contributed by atoms with E-state index in [0.29, 0.717) is 28.9 Å². The van der Waals surface area contributed by atoms with E-state index >= 15 is 0 Å². The topological polar surface area (TPSA) is 98.9 Å². The van der Waals surface area contributed by atoms with Gasteiger partial charge in [0, 0.05) is 11.1 Å². The lowest BCUT2D eigenvalue weighted by Gasteiger charge is -2.13. The van der Waals surface area contributed by atoms with Crippen LogP contribution in [0.3, 0.4) is 0 Å². The zero-order valence-electron chi connectivity index (χ0n) is 15.7. The van der Waals surface area contributed by atoms with Crippen LogP contribution in [0.25, 0.3) is 0 Å². The molecule has 0 fully saturated rings. The van der Waals surface area contributed by atoms with Crippen LogP contribution in [0, 0.1) is 13.7 Å². The van der Waals surface area contributed by atoms with Crippen molar-refractivity contribution in [3.05, 3.63) is 84.6 Å². The first-order chi connectivity index (χ1) is 14.5. The Bertz CT molecular complexity index is 1060. The Balaban J connectivity index is 1.68. The van der Waals surface area contributed by atoms with Crippen molar-refractivity contribution in [3.63, 3.8) is 0 Å². The minimum atomic E-state index is -0.509. The van der Waals surface area contributed by atoms with E-state index in [1.54, 1.807) is 19.4 Å². The third-order valence-electron chi connectivity index (χ3n) is 3.90. The summed E-state index contributed by atoms with van der Waals surface area (Å²) < 4.78 is 12.3. The van der Waals surface area contributed by atoms with Gasteiger partial charge in [0.05, 0.1) is 21.8 Å². The second-order valence-electron chi connectivity index (χ2n) is 5.98. The van der Waals surface area contributed by atoms with Crippen LogP contribution in [0.4, 0.5) is 11.5 Å². The maximum Gasteiger partial charge on any atom is 0.287 e. The molecule has 1 N–H and O–H groups in total. The molecule has 30 heavy (non-hydrogen) atoms. The Morgan fingerprint density at radius 3 is 2.67 bits per heavy atom. The largest absolute Gasteiger partial charge is 0.493 e. The van der Waals surface area contributed by atoms with Crippen LogP contribution in [0.15, 0.2) is 59.8 Å². The maximum absolute atomic E-state index is 10.7. The number of hydrazone groups is 1. The molecule has 0 aliphatic rings. The predicted molar refractivity (Wildman–Crippen MR) is 124 cm³/mol. The van der Waals surface area contributed by atoms with Gasteiger partial charge in [-0.15, -0.1) is 0 Å². The quantitative estimate of drug-likeness (QED) is 0.181. The number of aromatic nitrogens is 1. The van der Waals surface area contributed by atoms with Gasteiger partial charge in [-0.25, -0.2) is 4.98 Å². The first-order valence-corrected chi connectivity index (χ1v) is 10.1. The van der Waals surface area contributed by atoms with Crippen molar-refractivity contribution in [1.29, 1.82) is 0 Å². The first-order valence-electron chi connectivity index (χ1n) is 8.60. The Labute approximate surface area is 191 Å². The van der Waals surface area contributed by atoms with Crippen molar-refractivity contribution >= 4 is 51.9 Å². The molecule has 0 atom stereocenters. The van der Waals surface area contributed by atoms with E-state index in [-0.39, 0.29) is 5.69 Å². The summed E-state index contributed by atoms with van der Waals surface area (Å²) in [6.45, 7) is 0.379. The SMILES string of the molecule is COc1cc(/C=N/Nc2ccc([N+](=O)[O-])cn2)cc(I)c1OCc1ccc(Cl)cc1. The van der Waals surface area contributed by atoms with Gasteiger partial charge in [-0.1, -0.05) is 23.7 Å². The average Bonchev–Trinajstić information content (AvgIpc) is 2.74. The van der Waals surface area contributed by atoms with Crippen molar-refractivity contribution < 1.29 is 14.4 Å². The van der Waals surface area contributed by atoms with E-state index in [4.69, 9.17) is 21.1 Å². The molecule has 0 saturated heterocycles. The molecule has 0 aliphatic heterocycles. The summed E-state index contributed by atoms with van der Waals surface area (Å²) in [4.78, 5) is 14.1. The van der Waals surface area contributed by atoms with Gasteiger partial charge in [-0.2, -0.15) is 5.10 Å². The number of methoxy groups -OCH3 is 1. The van der Waals surface area contributed by atoms with Crippen LogP contribution in [-0.4, -0.2) is 23.2 Å². The number of nitrogens with zero attached hydrogens (tertiary/aromatic N) is 3. The Morgan fingerprint density at radius 1 is 1.27 bits per heavy atom. The number of nitrogens with one attached hydrogen (secondary N) is 1. The molecule has 0 amide bonds. The number of ether oxygens (including phenoxy) is 2. The summed E-state index contributed by atoms with van der Waals surface area (Å²) in [6.07, 6.45) is 2.76. The van der Waals surface area contributed by atoms with E-state index in [9.17, 15) is 10.1 Å². The second-order valence-corrected chi connectivity index (χ2v) is 7.58. The number of halogens is 2. The maximum atomic E-state index is 10.7. The summed E-state index contributed by atoms with van der Waals surface area (Å²) in [6, 6.07) is 14.0. The van der Waals surface area contributed by atoms with Crippen LogP contribution in [0.1, 0.15) is 11.1 Å². The van der Waals surface area contributed by atoms with Crippen LogP contribution in [0.5, 0.6) is 11.5 Å². The summed E-state index contributed by atoms with van der Waals surface area (Å²) in [5, 5.41) is 15.4. The van der Waals surface area contributed by atoms with E-state index in [0.717, 1.165) is 20.9 Å². The van der Waals surface area contributed by atoms with Crippen LogP contribution >= 0.6 is 34.2 Å². The minimum Gasteiger partial charge on any atom is -0.493 e. The summed E-state index contributed by atoms with van der Waals surface area (Å²) in [7, 11) is 1.57. The number of benzene rings is 2. The van der Waals surface area contributed by atoms with Gasteiger partial charge in [0.2, 0.25) is 0 Å². The van der Waals surface area contributed by atoms with Crippen LogP contribution in [-0.2, 0) is 6.61 Å². The van der Waals surface area contributed by atoms with Crippen LogP contribution < -0.4 is 14.9 Å². The third kappa shape index (κ3) is 5.80. The molecular formula is C20H16ClIN4O4. The fourth-order valence-electron chi connectivity index (χ4n) is 2.42. The number of rotatable bonds is 8. The molecule has 0 spiro atoms. The molecule has 8 nitrogen and oxygen atoms in total. The molecule has 0 radical (unpaired) electrons. The summed E-state index contributed by atoms with van der Waals surface area (Å²) >= 11 is 8.08. The minimum absolute atomic E-state index is 0.0852. The number of hydrogen-bond acceptors (Lipinski definition) is 7. The molecule has 0 aliphatic carbocycles. The molecule has 0 saturated carbocycles. The van der Waals surface area contributed by atoms with Crippen molar-refractivity contribution in [1.82, 2.24) is 4.98 Å². The normalized spacial score (nSPS) is 10.8. The molecule has 1 heterocycles. The third-order valence-corrected chi connectivity index (χ3v) is 4.95. The predicted octanol–water partition coefficient (Wildman–Crippen LogP) is 5.28. The lowest BCUT2D eigenvalue weighted by molar-refractivity contribution is -0.385. The van der Waals surface area contributed by atoms with Crippen molar-refractivity contribution in [3.8, 4) is 11.5 Å². The lowest BCUT2D eigenvalue weighted by atomic mass is 10.2. The highest BCUT2D eigenvalue weighted by molar-refractivity contribution is 14.1. The lowest BCUT2D eigenvalue weighted by Crippen LogP contribution is -2.01. The van der Waals surface area contributed by atoms with Crippen LogP contribution in [0.2, 0.25) is 5.02 Å². The monoisotopic (exact) mass is 538 g/mol. The molecule has 3 rings (SSSR count). The fourth-order valence-corrected chi connectivity index (χ4v) is 3.33. The number of nitro groups is 1. The Kier molecular flexibility index (Phi) is 7.41. The second kappa shape index (κ2) is 10.2. The van der Waals surface area contributed by atoms with E-state index in [2.05, 4.69) is 38.1 Å². The highest BCUT2D eigenvalue weighted by atomic mass is 127. The molecular weight excluding hydrogens is 523 g/mol. The summed E-state index contributed by atoms with van der Waals surface area (Å²) in [5.41, 5.74) is 4.42. The molecule has 2 aromatic carbocycles. The van der Waals surface area contributed by atoms with Gasteiger partial charge in [0.1, 0.15) is 18.6 Å². The Morgan fingerprint density at radius 2 is 2.03 bits per heavy atom. The molecule has 3 aromatic rings. The Hall–Kier alpha value is -2.92. The van der Waals surface area contributed by atoms with Gasteiger partial charge in [0.15, 0.2) is 11.5 Å². The van der Waals surface area contributed by atoms with Crippen molar-refractivity contribution in [2.75, 3.05) is 12.5 Å². The van der Waals surface area contributed by atoms with E-state index in [1.165, 1.54) is 12.1 Å². The molecule has 10 heteroatoms. The zero-order chi connectivity index (χ0) is 21.5. The van der Waals surface area contributed by atoms with Gasteiger partial charge in [0.25, 0.3) is 5.69 Å². The van der Waals surface area contributed by atoms with Gasteiger partial charge in [-0.3, -0.25) is 15.5 Å². The first kappa shape index (κ1) is 21.8. The standard InChI is InChI=1S/C20H16ClIN4O4/c1-29-18-9-14(10-24-25-19-7-6-16(11-23-19)26(27)28)8-17(22)20(18)30-12-13-2-4-15(21)5-3-13/h2-11H,12H2,1H3,(H,23,25)/b24-10+. The van der Waals surface area contributed by atoms with E-state index in [1.807, 2.05) is 30.3 Å². The average molecular weight is 539 g/mol. The zero-order valence-corrected chi connectivity index (χ0v) is 18.6. The fraction of sp³-hybridized carbons (Fsp3) is 0.100. The molecule has 154 valence electrons. The van der Waals surface area contributed by atoms with E-state index < -0.39 is 4.92 Å². The molecule has 0 bridgehead atoms. The molecule has 0 unspecified atom stereocenters.